The van der Waals surface area contributed by atoms with Gasteiger partial charge in [-0.05, 0) is 50.3 Å². The Morgan fingerprint density at radius 2 is 2.08 bits per heavy atom. The van der Waals surface area contributed by atoms with Gasteiger partial charge in [0.1, 0.15) is 6.04 Å². The number of nitrogens with one attached hydrogen (secondary N) is 3. The summed E-state index contributed by atoms with van der Waals surface area (Å²) in [7, 11) is 0. The van der Waals surface area contributed by atoms with Gasteiger partial charge in [0.05, 0.1) is 6.42 Å². The number of piperidine rings is 1. The van der Waals surface area contributed by atoms with Crippen LogP contribution in [-0.2, 0) is 16.0 Å². The fourth-order valence-corrected chi connectivity index (χ4v) is 3.57. The van der Waals surface area contributed by atoms with Crippen molar-refractivity contribution in [2.45, 2.75) is 50.7 Å². The van der Waals surface area contributed by atoms with Crippen LogP contribution < -0.4 is 16.0 Å². The van der Waals surface area contributed by atoms with Crippen LogP contribution in [0.3, 0.4) is 0 Å². The molecule has 1 saturated heterocycles. The van der Waals surface area contributed by atoms with E-state index in [2.05, 4.69) is 22.9 Å². The van der Waals surface area contributed by atoms with Crippen molar-refractivity contribution in [3.63, 3.8) is 0 Å². The summed E-state index contributed by atoms with van der Waals surface area (Å²) in [4.78, 5) is 25.0. The number of amides is 2. The summed E-state index contributed by atoms with van der Waals surface area (Å²) in [6.07, 6.45) is 4.82. The van der Waals surface area contributed by atoms with Gasteiger partial charge in [-0.2, -0.15) is 11.8 Å². The van der Waals surface area contributed by atoms with Gasteiger partial charge in [0.15, 0.2) is 0 Å². The lowest BCUT2D eigenvalue weighted by molar-refractivity contribution is -0.129. The van der Waals surface area contributed by atoms with Gasteiger partial charge in [-0.25, -0.2) is 0 Å². The van der Waals surface area contributed by atoms with Crippen LogP contribution in [0.15, 0.2) is 30.3 Å². The van der Waals surface area contributed by atoms with Gasteiger partial charge < -0.3 is 16.0 Å². The first kappa shape index (κ1) is 19.8. The molecule has 1 heterocycles. The predicted molar refractivity (Wildman–Crippen MR) is 104 cm³/mol. The second kappa shape index (κ2) is 10.5. The Morgan fingerprint density at radius 3 is 2.76 bits per heavy atom. The number of hydrogen-bond donors (Lipinski definition) is 3. The number of thioether (sulfide) groups is 1. The number of rotatable bonds is 8. The lowest BCUT2D eigenvalue weighted by Crippen LogP contribution is -2.53. The summed E-state index contributed by atoms with van der Waals surface area (Å²) in [5, 5.41) is 9.43. The van der Waals surface area contributed by atoms with Crippen molar-refractivity contribution in [1.29, 1.82) is 0 Å². The minimum Gasteiger partial charge on any atom is -0.351 e. The zero-order valence-corrected chi connectivity index (χ0v) is 15.9. The van der Waals surface area contributed by atoms with Crippen molar-refractivity contribution < 1.29 is 9.59 Å². The molecule has 138 valence electrons. The number of hydrogen-bond acceptors (Lipinski definition) is 4. The van der Waals surface area contributed by atoms with Crippen molar-refractivity contribution in [3.8, 4) is 0 Å². The highest BCUT2D eigenvalue weighted by Gasteiger charge is 2.25. The van der Waals surface area contributed by atoms with Crippen LogP contribution in [0, 0.1) is 0 Å². The third-order valence-electron chi connectivity index (χ3n) is 4.44. The summed E-state index contributed by atoms with van der Waals surface area (Å²) < 4.78 is 0. The highest BCUT2D eigenvalue weighted by atomic mass is 32.2. The fraction of sp³-hybridized carbons (Fsp3) is 0.579. The van der Waals surface area contributed by atoms with Gasteiger partial charge in [-0.3, -0.25) is 9.59 Å². The molecule has 0 spiro atoms. The van der Waals surface area contributed by atoms with Crippen LogP contribution >= 0.6 is 11.8 Å². The lowest BCUT2D eigenvalue weighted by Gasteiger charge is -2.30. The first-order chi connectivity index (χ1) is 12.1. The molecule has 1 aliphatic rings. The average Bonchev–Trinajstić information content (AvgIpc) is 2.59. The Balaban J connectivity index is 1.89. The van der Waals surface area contributed by atoms with Gasteiger partial charge in [0, 0.05) is 12.1 Å². The van der Waals surface area contributed by atoms with E-state index in [1.54, 1.807) is 11.8 Å². The van der Waals surface area contributed by atoms with Crippen LogP contribution in [0.5, 0.6) is 0 Å². The molecule has 0 radical (unpaired) electrons. The van der Waals surface area contributed by atoms with Crippen molar-refractivity contribution in [2.24, 2.45) is 0 Å². The predicted octanol–water partition coefficient (Wildman–Crippen LogP) is 1.72. The third-order valence-corrected chi connectivity index (χ3v) is 5.08. The molecule has 0 saturated carbocycles. The second-order valence-electron chi connectivity index (χ2n) is 6.65. The maximum Gasteiger partial charge on any atom is 0.242 e. The Labute approximate surface area is 154 Å². The van der Waals surface area contributed by atoms with Crippen molar-refractivity contribution >= 4 is 23.6 Å². The van der Waals surface area contributed by atoms with Crippen molar-refractivity contribution in [3.05, 3.63) is 35.9 Å². The van der Waals surface area contributed by atoms with Gasteiger partial charge in [0.25, 0.3) is 0 Å². The minimum absolute atomic E-state index is 0.0606. The van der Waals surface area contributed by atoms with E-state index in [0.29, 0.717) is 18.9 Å². The Morgan fingerprint density at radius 1 is 1.32 bits per heavy atom. The quantitative estimate of drug-likeness (QED) is 0.658. The molecule has 5 nitrogen and oxygen atoms in total. The molecular weight excluding hydrogens is 334 g/mol. The molecule has 6 heteroatoms. The normalized spacial score (nSPS) is 21.4. The molecule has 0 bridgehead atoms. The molecule has 2 rings (SSSR count). The van der Waals surface area contributed by atoms with E-state index in [0.717, 1.165) is 30.7 Å². The summed E-state index contributed by atoms with van der Waals surface area (Å²) in [6, 6.07) is 9.74. The Bertz CT molecular complexity index is 553. The lowest BCUT2D eigenvalue weighted by atomic mass is 10.00. The summed E-state index contributed by atoms with van der Waals surface area (Å²) in [5.74, 6) is 0.674. The monoisotopic (exact) mass is 363 g/mol. The zero-order chi connectivity index (χ0) is 18.1. The standard InChI is InChI=1S/C19H29N3O2S/c1-14-12-16(8-10-20-14)21-19(24)17(9-11-25-2)22-18(23)13-15-6-4-3-5-7-15/h3-7,14,16-17,20H,8-13H2,1-2H3,(H,21,24)(H,22,23). The fourth-order valence-electron chi connectivity index (χ4n) is 3.10. The summed E-state index contributed by atoms with van der Waals surface area (Å²) in [6.45, 7) is 3.05. The van der Waals surface area contributed by atoms with E-state index < -0.39 is 6.04 Å². The zero-order valence-electron chi connectivity index (χ0n) is 15.1. The minimum atomic E-state index is -0.464. The van der Waals surface area contributed by atoms with E-state index in [1.165, 1.54) is 0 Å². The molecule has 1 aromatic carbocycles. The number of carbonyl (C=O) groups is 2. The first-order valence-corrected chi connectivity index (χ1v) is 10.3. The van der Waals surface area contributed by atoms with Crippen molar-refractivity contribution in [1.82, 2.24) is 16.0 Å². The van der Waals surface area contributed by atoms with Crippen LogP contribution in [0.4, 0.5) is 0 Å². The molecule has 3 N–H and O–H groups in total. The topological polar surface area (TPSA) is 70.2 Å². The Kier molecular flexibility index (Phi) is 8.28. The maximum absolute atomic E-state index is 12.7. The van der Waals surface area contributed by atoms with Crippen LogP contribution in [0.1, 0.15) is 31.7 Å². The van der Waals surface area contributed by atoms with E-state index >= 15 is 0 Å². The molecule has 1 fully saturated rings. The number of benzene rings is 1. The molecule has 3 atom stereocenters. The van der Waals surface area contributed by atoms with Crippen LogP contribution in [0.2, 0.25) is 0 Å². The van der Waals surface area contributed by atoms with Crippen LogP contribution in [0.25, 0.3) is 0 Å². The summed E-state index contributed by atoms with van der Waals surface area (Å²) in [5.41, 5.74) is 0.955. The second-order valence-corrected chi connectivity index (χ2v) is 7.63. The Hall–Kier alpha value is -1.53. The van der Waals surface area contributed by atoms with E-state index in [-0.39, 0.29) is 17.9 Å². The number of carbonyl (C=O) groups excluding carboxylic acids is 2. The van der Waals surface area contributed by atoms with E-state index in [9.17, 15) is 9.59 Å². The molecule has 3 unspecified atom stereocenters. The van der Waals surface area contributed by atoms with Crippen LogP contribution in [-0.4, -0.2) is 48.5 Å². The molecule has 0 aromatic heterocycles. The molecule has 1 aliphatic heterocycles. The highest BCUT2D eigenvalue weighted by molar-refractivity contribution is 7.98. The van der Waals surface area contributed by atoms with Gasteiger partial charge in [-0.15, -0.1) is 0 Å². The SMILES string of the molecule is CSCCC(NC(=O)Cc1ccccc1)C(=O)NC1CCNC(C)C1. The van der Waals surface area contributed by atoms with Gasteiger partial charge >= 0.3 is 0 Å². The highest BCUT2D eigenvalue weighted by Crippen LogP contribution is 2.10. The molecule has 2 amide bonds. The smallest absolute Gasteiger partial charge is 0.242 e. The van der Waals surface area contributed by atoms with Gasteiger partial charge in [-0.1, -0.05) is 30.3 Å². The van der Waals surface area contributed by atoms with Gasteiger partial charge in [0.2, 0.25) is 11.8 Å². The van der Waals surface area contributed by atoms with Crippen molar-refractivity contribution in [2.75, 3.05) is 18.6 Å². The maximum atomic E-state index is 12.7. The van der Waals surface area contributed by atoms with E-state index in [4.69, 9.17) is 0 Å². The summed E-state index contributed by atoms with van der Waals surface area (Å²) >= 11 is 1.68. The molecular formula is C19H29N3O2S. The molecule has 25 heavy (non-hydrogen) atoms. The van der Waals surface area contributed by atoms with E-state index in [1.807, 2.05) is 36.6 Å². The third kappa shape index (κ3) is 7.08. The first-order valence-electron chi connectivity index (χ1n) is 8.94. The molecule has 1 aromatic rings. The average molecular weight is 364 g/mol. The molecule has 0 aliphatic carbocycles. The largest absolute Gasteiger partial charge is 0.351 e.